The second-order valence-corrected chi connectivity index (χ2v) is 12.0. The number of rotatable bonds is 8. The molecule has 1 aliphatic rings. The lowest BCUT2D eigenvalue weighted by molar-refractivity contribution is 0.0342. The monoisotopic (exact) mass is 634 g/mol. The molecule has 45 heavy (non-hydrogen) atoms. The van der Waals surface area contributed by atoms with Crippen LogP contribution in [0.15, 0.2) is 82.6 Å². The Hall–Kier alpha value is -4.92. The second-order valence-electron chi connectivity index (χ2n) is 10.4. The van der Waals surface area contributed by atoms with Gasteiger partial charge in [-0.25, -0.2) is 31.7 Å². The highest BCUT2D eigenvalue weighted by molar-refractivity contribution is 7.92. The lowest BCUT2D eigenvalue weighted by Gasteiger charge is -2.26. The molecule has 3 aromatic carbocycles. The fraction of sp³-hybridized carbons (Fsp3) is 0.194. The topological polar surface area (TPSA) is 142 Å². The fourth-order valence-electron chi connectivity index (χ4n) is 5.14. The normalized spacial score (nSPS) is 14.0. The molecule has 0 atom stereocenters. The number of nitrogens with zero attached hydrogens (tertiary/aromatic N) is 4. The summed E-state index contributed by atoms with van der Waals surface area (Å²) >= 11 is 0. The molecular formula is C31H28F2N6O5S. The third kappa shape index (κ3) is 6.20. The van der Waals surface area contributed by atoms with Crippen LogP contribution in [0.1, 0.15) is 5.56 Å². The molecule has 0 bridgehead atoms. The molecule has 0 radical (unpaired) electrons. The molecule has 1 saturated heterocycles. The number of anilines is 2. The van der Waals surface area contributed by atoms with E-state index in [9.17, 15) is 22.0 Å². The Bertz CT molecular complexity index is 2070. The van der Waals surface area contributed by atoms with Crippen LogP contribution in [0.5, 0.6) is 5.88 Å². The Morgan fingerprint density at radius 3 is 2.47 bits per heavy atom. The Balaban J connectivity index is 1.34. The standard InChI is InChI=1S/C31H28F2N6O5S/c1-43-29-27(37-45(41,42)28-9-5-22(32)16-25(28)33)15-21(17-35-29)20-4-8-26-24(14-20)30(40)39(31(34)36-26)23-6-2-19(3-7-23)18-38-10-12-44-13-11-38/h2-9,14-17,37H,10-13,18H2,1H3,(H2,34,36). The average molecular weight is 635 g/mol. The van der Waals surface area contributed by atoms with Crippen LogP contribution in [0.25, 0.3) is 27.7 Å². The van der Waals surface area contributed by atoms with E-state index in [0.29, 0.717) is 41.6 Å². The van der Waals surface area contributed by atoms with Crippen molar-refractivity contribution in [2.75, 3.05) is 43.9 Å². The van der Waals surface area contributed by atoms with Crippen molar-refractivity contribution in [3.8, 4) is 22.7 Å². The molecule has 0 spiro atoms. The molecule has 6 rings (SSSR count). The lowest BCUT2D eigenvalue weighted by atomic mass is 10.0. The van der Waals surface area contributed by atoms with E-state index in [4.69, 9.17) is 15.2 Å². The first kappa shape index (κ1) is 30.1. The Kier molecular flexibility index (Phi) is 8.18. The quantitative estimate of drug-likeness (QED) is 0.260. The predicted molar refractivity (Wildman–Crippen MR) is 165 cm³/mol. The number of benzene rings is 3. The van der Waals surface area contributed by atoms with Gasteiger partial charge in [-0.15, -0.1) is 0 Å². The molecule has 14 heteroatoms. The number of nitrogens with two attached hydrogens (primary N) is 1. The van der Waals surface area contributed by atoms with Gasteiger partial charge >= 0.3 is 0 Å². The van der Waals surface area contributed by atoms with Crippen LogP contribution in [0, 0.1) is 11.6 Å². The van der Waals surface area contributed by atoms with Gasteiger partial charge in [-0.1, -0.05) is 18.2 Å². The average Bonchev–Trinajstić information content (AvgIpc) is 3.02. The van der Waals surface area contributed by atoms with Crippen molar-refractivity contribution < 1.29 is 26.7 Å². The summed E-state index contributed by atoms with van der Waals surface area (Å²) in [5.74, 6) is -2.23. The molecule has 11 nitrogen and oxygen atoms in total. The van der Waals surface area contributed by atoms with Gasteiger partial charge in [-0.3, -0.25) is 14.4 Å². The number of methoxy groups -OCH3 is 1. The highest BCUT2D eigenvalue weighted by Crippen LogP contribution is 2.32. The van der Waals surface area contributed by atoms with Crippen molar-refractivity contribution in [2.24, 2.45) is 0 Å². The van der Waals surface area contributed by atoms with Gasteiger partial charge in [0.2, 0.25) is 11.8 Å². The van der Waals surface area contributed by atoms with Gasteiger partial charge in [0.15, 0.2) is 0 Å². The Morgan fingerprint density at radius 2 is 1.76 bits per heavy atom. The minimum atomic E-state index is -4.48. The summed E-state index contributed by atoms with van der Waals surface area (Å²) in [4.78, 5) is 23.9. The molecule has 1 fully saturated rings. The van der Waals surface area contributed by atoms with E-state index >= 15 is 0 Å². The minimum Gasteiger partial charge on any atom is -0.480 e. The van der Waals surface area contributed by atoms with Gasteiger partial charge in [-0.2, -0.15) is 0 Å². The summed E-state index contributed by atoms with van der Waals surface area (Å²) in [6.45, 7) is 3.88. The van der Waals surface area contributed by atoms with Crippen LogP contribution in [-0.2, 0) is 21.3 Å². The van der Waals surface area contributed by atoms with Crippen LogP contribution in [0.4, 0.5) is 20.4 Å². The lowest BCUT2D eigenvalue weighted by Crippen LogP contribution is -2.35. The number of pyridine rings is 1. The summed E-state index contributed by atoms with van der Waals surface area (Å²) in [7, 11) is -3.19. The van der Waals surface area contributed by atoms with E-state index in [1.54, 1.807) is 18.2 Å². The first-order valence-electron chi connectivity index (χ1n) is 13.9. The number of fused-ring (bicyclic) bond motifs is 1. The van der Waals surface area contributed by atoms with Crippen molar-refractivity contribution in [3.05, 3.63) is 100 Å². The first-order chi connectivity index (χ1) is 21.6. The number of hydrogen-bond donors (Lipinski definition) is 2. The molecule has 1 aliphatic heterocycles. The molecule has 3 N–H and O–H groups in total. The number of hydrogen-bond acceptors (Lipinski definition) is 9. The second kappa shape index (κ2) is 12.2. The molecule has 2 aromatic heterocycles. The number of ether oxygens (including phenoxy) is 2. The Morgan fingerprint density at radius 1 is 1.00 bits per heavy atom. The Labute approximate surface area is 256 Å². The van der Waals surface area contributed by atoms with Crippen LogP contribution < -0.4 is 20.8 Å². The van der Waals surface area contributed by atoms with Gasteiger partial charge in [0.05, 0.1) is 36.9 Å². The summed E-state index contributed by atoms with van der Waals surface area (Å²) in [6.07, 6.45) is 1.44. The summed E-state index contributed by atoms with van der Waals surface area (Å²) in [5, 5.41) is 0.269. The SMILES string of the molecule is COc1ncc(-c2ccc3nc(N)n(-c4ccc(CN5CCOCC5)cc4)c(=O)c3c2)cc1NS(=O)(=O)c1ccc(F)cc1F. The van der Waals surface area contributed by atoms with Crippen molar-refractivity contribution in [2.45, 2.75) is 11.4 Å². The smallest absolute Gasteiger partial charge is 0.267 e. The third-order valence-corrected chi connectivity index (χ3v) is 8.80. The van der Waals surface area contributed by atoms with Gasteiger partial charge in [0.1, 0.15) is 22.2 Å². The van der Waals surface area contributed by atoms with E-state index in [1.807, 2.05) is 24.3 Å². The zero-order valence-electron chi connectivity index (χ0n) is 24.0. The maximum Gasteiger partial charge on any atom is 0.267 e. The summed E-state index contributed by atoms with van der Waals surface area (Å²) in [6, 6.07) is 16.0. The van der Waals surface area contributed by atoms with Crippen LogP contribution in [0.2, 0.25) is 0 Å². The van der Waals surface area contributed by atoms with Crippen LogP contribution in [-0.4, -0.2) is 61.3 Å². The van der Waals surface area contributed by atoms with E-state index in [-0.39, 0.29) is 22.9 Å². The molecule has 0 unspecified atom stereocenters. The van der Waals surface area contributed by atoms with Crippen molar-refractivity contribution in [1.82, 2.24) is 19.4 Å². The highest BCUT2D eigenvalue weighted by Gasteiger charge is 2.23. The minimum absolute atomic E-state index is 0.0250. The highest BCUT2D eigenvalue weighted by atomic mass is 32.2. The number of halogens is 2. The number of nitrogen functional groups attached to an aromatic ring is 1. The van der Waals surface area contributed by atoms with Crippen LogP contribution in [0.3, 0.4) is 0 Å². The maximum absolute atomic E-state index is 14.3. The number of morpholine rings is 1. The molecule has 0 aliphatic carbocycles. The van der Waals surface area contributed by atoms with E-state index in [1.165, 1.54) is 23.9 Å². The molecule has 232 valence electrons. The molecular weight excluding hydrogens is 606 g/mol. The van der Waals surface area contributed by atoms with Gasteiger partial charge in [-0.05, 0) is 53.6 Å². The number of nitrogens with one attached hydrogen (secondary N) is 1. The van der Waals surface area contributed by atoms with Crippen molar-refractivity contribution in [1.29, 1.82) is 0 Å². The first-order valence-corrected chi connectivity index (χ1v) is 15.4. The zero-order valence-corrected chi connectivity index (χ0v) is 24.9. The molecule has 5 aromatic rings. The fourth-order valence-corrected chi connectivity index (χ4v) is 6.25. The summed E-state index contributed by atoms with van der Waals surface area (Å²) < 4.78 is 67.8. The molecule has 0 amide bonds. The molecule has 0 saturated carbocycles. The number of aromatic nitrogens is 3. The van der Waals surface area contributed by atoms with E-state index in [2.05, 4.69) is 19.6 Å². The third-order valence-electron chi connectivity index (χ3n) is 7.40. The van der Waals surface area contributed by atoms with Crippen LogP contribution >= 0.6 is 0 Å². The van der Waals surface area contributed by atoms with Crippen molar-refractivity contribution >= 4 is 32.6 Å². The van der Waals surface area contributed by atoms with Crippen molar-refractivity contribution in [3.63, 3.8) is 0 Å². The largest absolute Gasteiger partial charge is 0.480 e. The predicted octanol–water partition coefficient (Wildman–Crippen LogP) is 3.95. The van der Waals surface area contributed by atoms with E-state index < -0.39 is 32.1 Å². The van der Waals surface area contributed by atoms with Gasteiger partial charge in [0, 0.05) is 37.5 Å². The zero-order chi connectivity index (χ0) is 31.7. The summed E-state index contributed by atoms with van der Waals surface area (Å²) in [5.41, 5.74) is 8.69. The van der Waals surface area contributed by atoms with Gasteiger partial charge in [0.25, 0.3) is 15.6 Å². The number of sulfonamides is 1. The maximum atomic E-state index is 14.3. The van der Waals surface area contributed by atoms with E-state index in [0.717, 1.165) is 37.3 Å². The van der Waals surface area contributed by atoms with Gasteiger partial charge < -0.3 is 15.2 Å². The molecule has 3 heterocycles.